The van der Waals surface area contributed by atoms with Crippen molar-refractivity contribution in [3.63, 3.8) is 0 Å². The zero-order valence-corrected chi connectivity index (χ0v) is 19.2. The number of rotatable bonds is 8. The first kappa shape index (κ1) is 23.7. The number of pyridine rings is 1. The number of carbonyl (C=O) groups excluding carboxylic acids is 2. The summed E-state index contributed by atoms with van der Waals surface area (Å²) in [5.41, 5.74) is 1.33. The van der Waals surface area contributed by atoms with Crippen LogP contribution in [0.25, 0.3) is 0 Å². The SMILES string of the molecule is COc1ccccc1NS(=O)(=O)c1cccc(C(=O)N(C)CC(=O)Nc2cc(C)ccn2)c1. The first-order chi connectivity index (χ1) is 15.7. The standard InChI is InChI=1S/C23H24N4O5S/c1-16-11-12-24-21(13-16)25-22(28)15-27(2)23(29)17-7-6-8-18(14-17)33(30,31)26-19-9-4-5-10-20(19)32-3/h4-14,26H,15H2,1-3H3,(H,24,25,28). The number of methoxy groups -OCH3 is 1. The summed E-state index contributed by atoms with van der Waals surface area (Å²) in [4.78, 5) is 30.3. The highest BCUT2D eigenvalue weighted by Crippen LogP contribution is 2.26. The molecule has 2 N–H and O–H groups in total. The number of nitrogens with one attached hydrogen (secondary N) is 2. The molecule has 0 atom stereocenters. The third-order valence-corrected chi connectivity index (χ3v) is 6.02. The molecule has 0 saturated carbocycles. The molecule has 1 heterocycles. The molecular formula is C23H24N4O5S. The Morgan fingerprint density at radius 3 is 2.55 bits per heavy atom. The number of hydrogen-bond acceptors (Lipinski definition) is 6. The number of likely N-dealkylation sites (N-methyl/N-ethyl adjacent to an activating group) is 1. The summed E-state index contributed by atoms with van der Waals surface area (Å²) in [5, 5.41) is 2.63. The molecule has 0 aliphatic carbocycles. The van der Waals surface area contributed by atoms with Crippen molar-refractivity contribution in [1.82, 2.24) is 9.88 Å². The molecule has 2 amide bonds. The van der Waals surface area contributed by atoms with Gasteiger partial charge in [-0.15, -0.1) is 0 Å². The summed E-state index contributed by atoms with van der Waals surface area (Å²) in [7, 11) is -1.09. The maximum atomic E-state index is 12.9. The smallest absolute Gasteiger partial charge is 0.262 e. The van der Waals surface area contributed by atoms with Crippen molar-refractivity contribution in [2.24, 2.45) is 0 Å². The van der Waals surface area contributed by atoms with Crippen LogP contribution < -0.4 is 14.8 Å². The van der Waals surface area contributed by atoms with E-state index in [0.29, 0.717) is 11.6 Å². The van der Waals surface area contributed by atoms with Gasteiger partial charge in [0.2, 0.25) is 5.91 Å². The van der Waals surface area contributed by atoms with Crippen LogP contribution in [0.15, 0.2) is 71.8 Å². The molecule has 0 bridgehead atoms. The number of carbonyl (C=O) groups is 2. The van der Waals surface area contributed by atoms with Crippen LogP contribution in [0, 0.1) is 6.92 Å². The van der Waals surface area contributed by atoms with Gasteiger partial charge in [0.05, 0.1) is 24.2 Å². The fourth-order valence-corrected chi connectivity index (χ4v) is 4.14. The van der Waals surface area contributed by atoms with Gasteiger partial charge in [0.15, 0.2) is 0 Å². The molecule has 10 heteroatoms. The second kappa shape index (κ2) is 10.1. The predicted molar refractivity (Wildman–Crippen MR) is 125 cm³/mol. The van der Waals surface area contributed by atoms with Crippen molar-refractivity contribution in [3.8, 4) is 5.75 Å². The van der Waals surface area contributed by atoms with Crippen molar-refractivity contribution in [3.05, 3.63) is 78.0 Å². The monoisotopic (exact) mass is 468 g/mol. The van der Waals surface area contributed by atoms with E-state index in [-0.39, 0.29) is 22.7 Å². The van der Waals surface area contributed by atoms with Crippen LogP contribution in [0.5, 0.6) is 5.75 Å². The molecule has 0 spiro atoms. The van der Waals surface area contributed by atoms with Crippen LogP contribution in [0.4, 0.5) is 11.5 Å². The molecule has 172 valence electrons. The minimum absolute atomic E-state index is 0.0962. The molecule has 0 saturated heterocycles. The van der Waals surface area contributed by atoms with Crippen LogP contribution in [0.2, 0.25) is 0 Å². The predicted octanol–water partition coefficient (Wildman–Crippen LogP) is 2.91. The largest absolute Gasteiger partial charge is 0.495 e. The highest BCUT2D eigenvalue weighted by atomic mass is 32.2. The Morgan fingerprint density at radius 2 is 1.82 bits per heavy atom. The second-order valence-corrected chi connectivity index (χ2v) is 8.94. The van der Waals surface area contributed by atoms with Gasteiger partial charge in [-0.25, -0.2) is 13.4 Å². The van der Waals surface area contributed by atoms with Gasteiger partial charge in [-0.1, -0.05) is 18.2 Å². The van der Waals surface area contributed by atoms with E-state index in [0.717, 1.165) is 5.56 Å². The zero-order chi connectivity index (χ0) is 24.0. The van der Waals surface area contributed by atoms with Crippen molar-refractivity contribution >= 4 is 33.3 Å². The Morgan fingerprint density at radius 1 is 1.06 bits per heavy atom. The number of hydrogen-bond donors (Lipinski definition) is 2. The minimum atomic E-state index is -3.98. The van der Waals surface area contributed by atoms with Crippen molar-refractivity contribution in [2.45, 2.75) is 11.8 Å². The average molecular weight is 469 g/mol. The Bertz CT molecular complexity index is 1280. The number of aromatic nitrogens is 1. The molecule has 2 aromatic carbocycles. The van der Waals surface area contributed by atoms with E-state index in [4.69, 9.17) is 4.74 Å². The Kier molecular flexibility index (Phi) is 7.29. The van der Waals surface area contributed by atoms with E-state index in [1.807, 2.05) is 6.92 Å². The van der Waals surface area contributed by atoms with E-state index >= 15 is 0 Å². The number of para-hydroxylation sites is 2. The topological polar surface area (TPSA) is 118 Å². The fraction of sp³-hybridized carbons (Fsp3) is 0.174. The van der Waals surface area contributed by atoms with E-state index in [2.05, 4.69) is 15.0 Å². The van der Waals surface area contributed by atoms with Gasteiger partial charge in [0, 0.05) is 18.8 Å². The van der Waals surface area contributed by atoms with Crippen LogP contribution >= 0.6 is 0 Å². The van der Waals surface area contributed by atoms with Crippen molar-refractivity contribution in [2.75, 3.05) is 30.7 Å². The van der Waals surface area contributed by atoms with Gasteiger partial charge in [-0.3, -0.25) is 14.3 Å². The van der Waals surface area contributed by atoms with Gasteiger partial charge in [-0.2, -0.15) is 0 Å². The molecule has 33 heavy (non-hydrogen) atoms. The van der Waals surface area contributed by atoms with E-state index < -0.39 is 21.8 Å². The summed E-state index contributed by atoms with van der Waals surface area (Å²) < 4.78 is 33.4. The first-order valence-corrected chi connectivity index (χ1v) is 11.4. The van der Waals surface area contributed by atoms with Crippen molar-refractivity contribution in [1.29, 1.82) is 0 Å². The summed E-state index contributed by atoms with van der Waals surface area (Å²) in [6, 6.07) is 15.7. The Hall–Kier alpha value is -3.92. The molecule has 3 aromatic rings. The molecular weight excluding hydrogens is 444 g/mol. The molecule has 0 unspecified atom stereocenters. The molecule has 0 radical (unpaired) electrons. The third kappa shape index (κ3) is 6.07. The van der Waals surface area contributed by atoms with E-state index in [9.17, 15) is 18.0 Å². The Balaban J connectivity index is 1.72. The third-order valence-electron chi connectivity index (χ3n) is 4.65. The number of aryl methyl sites for hydroxylation is 1. The lowest BCUT2D eigenvalue weighted by molar-refractivity contribution is -0.116. The first-order valence-electron chi connectivity index (χ1n) is 9.93. The van der Waals surface area contributed by atoms with Gasteiger partial charge >= 0.3 is 0 Å². The fourth-order valence-electron chi connectivity index (χ4n) is 3.02. The maximum Gasteiger partial charge on any atom is 0.262 e. The molecule has 0 fully saturated rings. The van der Waals surface area contributed by atoms with Crippen LogP contribution in [-0.2, 0) is 14.8 Å². The highest BCUT2D eigenvalue weighted by molar-refractivity contribution is 7.92. The van der Waals surface area contributed by atoms with Crippen molar-refractivity contribution < 1.29 is 22.7 Å². The van der Waals surface area contributed by atoms with Gasteiger partial charge in [-0.05, 0) is 55.0 Å². The van der Waals surface area contributed by atoms with Gasteiger partial charge in [0.25, 0.3) is 15.9 Å². The molecule has 0 aliphatic heterocycles. The van der Waals surface area contributed by atoms with E-state index in [1.54, 1.807) is 42.6 Å². The molecule has 9 nitrogen and oxygen atoms in total. The lowest BCUT2D eigenvalue weighted by Crippen LogP contribution is -2.35. The minimum Gasteiger partial charge on any atom is -0.495 e. The molecule has 1 aromatic heterocycles. The summed E-state index contributed by atoms with van der Waals surface area (Å²) in [5.74, 6) is -0.180. The number of ether oxygens (including phenoxy) is 1. The molecule has 3 rings (SSSR count). The quantitative estimate of drug-likeness (QED) is 0.525. The summed E-state index contributed by atoms with van der Waals surface area (Å²) in [6.45, 7) is 1.64. The van der Waals surface area contributed by atoms with Crippen LogP contribution in [-0.4, -0.2) is 50.8 Å². The van der Waals surface area contributed by atoms with Crippen LogP contribution in [0.3, 0.4) is 0 Å². The zero-order valence-electron chi connectivity index (χ0n) is 18.4. The highest BCUT2D eigenvalue weighted by Gasteiger charge is 2.20. The number of nitrogens with zero attached hydrogens (tertiary/aromatic N) is 2. The normalized spacial score (nSPS) is 10.9. The number of amides is 2. The maximum absolute atomic E-state index is 12.9. The number of sulfonamides is 1. The number of anilines is 2. The van der Waals surface area contributed by atoms with Crippen LogP contribution in [0.1, 0.15) is 15.9 Å². The van der Waals surface area contributed by atoms with Gasteiger partial charge < -0.3 is 15.0 Å². The lowest BCUT2D eigenvalue weighted by Gasteiger charge is -2.17. The summed E-state index contributed by atoms with van der Waals surface area (Å²) >= 11 is 0. The van der Waals surface area contributed by atoms with Gasteiger partial charge in [0.1, 0.15) is 11.6 Å². The second-order valence-electron chi connectivity index (χ2n) is 7.26. The Labute approximate surface area is 192 Å². The van der Waals surface area contributed by atoms with E-state index in [1.165, 1.54) is 43.3 Å². The average Bonchev–Trinajstić information content (AvgIpc) is 2.78. The number of benzene rings is 2. The lowest BCUT2D eigenvalue weighted by atomic mass is 10.2. The summed E-state index contributed by atoms with van der Waals surface area (Å²) in [6.07, 6.45) is 1.57. The molecule has 0 aliphatic rings.